The molecule has 0 saturated carbocycles. The fourth-order valence-electron chi connectivity index (χ4n) is 3.27. The van der Waals surface area contributed by atoms with Crippen LogP contribution in [0.5, 0.6) is 0 Å². The molecule has 0 fully saturated rings. The molecule has 0 spiro atoms. The zero-order valence-corrected chi connectivity index (χ0v) is 15.5. The van der Waals surface area contributed by atoms with Crippen LogP contribution in [0.1, 0.15) is 39.6 Å². The number of carbonyl (C=O) groups excluding carboxylic acids is 2. The summed E-state index contributed by atoms with van der Waals surface area (Å²) in [5, 5.41) is 21.3. The van der Waals surface area contributed by atoms with Crippen molar-refractivity contribution >= 4 is 17.5 Å². The molecule has 0 aliphatic carbocycles. The maximum atomic E-state index is 12.5. The number of rotatable bonds is 4. The van der Waals surface area contributed by atoms with Crippen LogP contribution in [0.25, 0.3) is 0 Å². The van der Waals surface area contributed by atoms with Gasteiger partial charge in [-0.3, -0.25) is 14.7 Å². The zero-order chi connectivity index (χ0) is 20.2. The first-order chi connectivity index (χ1) is 14.1. The van der Waals surface area contributed by atoms with E-state index in [-0.39, 0.29) is 11.7 Å². The van der Waals surface area contributed by atoms with Gasteiger partial charge in [0, 0.05) is 12.1 Å². The van der Waals surface area contributed by atoms with E-state index in [4.69, 9.17) is 5.26 Å². The van der Waals surface area contributed by atoms with E-state index in [1.165, 1.54) is 0 Å². The Labute approximate surface area is 167 Å². The zero-order valence-electron chi connectivity index (χ0n) is 15.5. The molecule has 1 aliphatic heterocycles. The van der Waals surface area contributed by atoms with E-state index in [1.807, 2.05) is 30.3 Å². The van der Waals surface area contributed by atoms with Crippen molar-refractivity contribution in [3.8, 4) is 6.07 Å². The molecule has 4 rings (SSSR count). The molecule has 8 heteroatoms. The van der Waals surface area contributed by atoms with E-state index < -0.39 is 11.9 Å². The minimum atomic E-state index is -0.712. The van der Waals surface area contributed by atoms with Crippen LogP contribution in [-0.4, -0.2) is 33.0 Å². The number of aromatic amines is 1. The first-order valence-electron chi connectivity index (χ1n) is 9.22. The first-order valence-corrected chi connectivity index (χ1v) is 9.22. The third kappa shape index (κ3) is 4.14. The van der Waals surface area contributed by atoms with Crippen LogP contribution >= 0.6 is 0 Å². The lowest BCUT2D eigenvalue weighted by Gasteiger charge is -2.13. The molecule has 0 bridgehead atoms. The number of nitriles is 1. The van der Waals surface area contributed by atoms with Crippen LogP contribution in [0.4, 0.5) is 5.69 Å². The van der Waals surface area contributed by atoms with Crippen LogP contribution < -0.4 is 10.6 Å². The Morgan fingerprint density at radius 3 is 2.86 bits per heavy atom. The molecule has 1 atom stereocenters. The van der Waals surface area contributed by atoms with E-state index in [0.717, 1.165) is 11.1 Å². The highest BCUT2D eigenvalue weighted by Gasteiger charge is 2.27. The number of anilines is 1. The fraction of sp³-hybridized carbons (Fsp3) is 0.190. The SMILES string of the molecule is N#Cc1ccc2c(c1)CC[C@@H](NC(=O)c1n[nH]c(Cc3ccccc3)n1)C(=O)N2. The van der Waals surface area contributed by atoms with Gasteiger partial charge < -0.3 is 10.6 Å². The Morgan fingerprint density at radius 2 is 2.07 bits per heavy atom. The van der Waals surface area contributed by atoms with Gasteiger partial charge in [0.15, 0.2) is 0 Å². The molecular weight excluding hydrogens is 368 g/mol. The maximum absolute atomic E-state index is 12.5. The van der Waals surface area contributed by atoms with Crippen LogP contribution in [-0.2, 0) is 17.6 Å². The van der Waals surface area contributed by atoms with Crippen molar-refractivity contribution in [3.63, 3.8) is 0 Å². The van der Waals surface area contributed by atoms with Crippen molar-refractivity contribution in [1.29, 1.82) is 5.26 Å². The van der Waals surface area contributed by atoms with Crippen molar-refractivity contribution in [2.24, 2.45) is 0 Å². The number of amides is 2. The van der Waals surface area contributed by atoms with Gasteiger partial charge in [0.25, 0.3) is 5.91 Å². The van der Waals surface area contributed by atoms with Gasteiger partial charge in [0.1, 0.15) is 11.9 Å². The maximum Gasteiger partial charge on any atom is 0.291 e. The second-order valence-electron chi connectivity index (χ2n) is 6.81. The molecule has 8 nitrogen and oxygen atoms in total. The molecule has 3 aromatic rings. The van der Waals surface area contributed by atoms with E-state index >= 15 is 0 Å². The van der Waals surface area contributed by atoms with Crippen molar-refractivity contribution in [2.45, 2.75) is 25.3 Å². The monoisotopic (exact) mass is 386 g/mol. The van der Waals surface area contributed by atoms with E-state index in [2.05, 4.69) is 31.9 Å². The molecule has 1 aliphatic rings. The molecule has 1 aromatic heterocycles. The highest BCUT2D eigenvalue weighted by atomic mass is 16.2. The third-order valence-electron chi connectivity index (χ3n) is 4.77. The number of carbonyl (C=O) groups is 2. The number of aryl methyl sites for hydroxylation is 1. The Morgan fingerprint density at radius 1 is 1.24 bits per heavy atom. The minimum absolute atomic E-state index is 0.00254. The largest absolute Gasteiger partial charge is 0.337 e. The summed E-state index contributed by atoms with van der Waals surface area (Å²) in [4.78, 5) is 29.3. The van der Waals surface area contributed by atoms with Crippen molar-refractivity contribution in [1.82, 2.24) is 20.5 Å². The number of hydrogen-bond acceptors (Lipinski definition) is 5. The molecule has 2 aromatic carbocycles. The van der Waals surface area contributed by atoms with Gasteiger partial charge in [-0.2, -0.15) is 5.26 Å². The summed E-state index contributed by atoms with van der Waals surface area (Å²) in [7, 11) is 0. The van der Waals surface area contributed by atoms with Crippen molar-refractivity contribution in [2.75, 3.05) is 5.32 Å². The average Bonchev–Trinajstić information content (AvgIpc) is 3.14. The molecule has 29 heavy (non-hydrogen) atoms. The van der Waals surface area contributed by atoms with E-state index in [0.29, 0.717) is 36.3 Å². The van der Waals surface area contributed by atoms with Gasteiger partial charge in [0.2, 0.25) is 11.7 Å². The van der Waals surface area contributed by atoms with Gasteiger partial charge in [-0.05, 0) is 42.2 Å². The summed E-state index contributed by atoms with van der Waals surface area (Å²) in [5.74, 6) is -0.244. The average molecular weight is 386 g/mol. The van der Waals surface area contributed by atoms with Gasteiger partial charge in [-0.1, -0.05) is 30.3 Å². The van der Waals surface area contributed by atoms with Crippen LogP contribution in [0.15, 0.2) is 48.5 Å². The molecule has 0 saturated heterocycles. The van der Waals surface area contributed by atoms with Crippen molar-refractivity contribution < 1.29 is 9.59 Å². The third-order valence-corrected chi connectivity index (χ3v) is 4.77. The number of benzene rings is 2. The Balaban J connectivity index is 1.42. The Hall–Kier alpha value is -3.99. The molecule has 2 heterocycles. The first kappa shape index (κ1) is 18.4. The predicted molar refractivity (Wildman–Crippen MR) is 105 cm³/mol. The molecule has 3 N–H and O–H groups in total. The number of aromatic nitrogens is 3. The van der Waals surface area contributed by atoms with Crippen LogP contribution in [0, 0.1) is 11.3 Å². The number of nitrogens with one attached hydrogen (secondary N) is 3. The summed E-state index contributed by atoms with van der Waals surface area (Å²) in [5.41, 5.74) is 3.12. The predicted octanol–water partition coefficient (Wildman–Crippen LogP) is 1.95. The van der Waals surface area contributed by atoms with Gasteiger partial charge in [0.05, 0.1) is 11.6 Å². The number of fused-ring (bicyclic) bond motifs is 1. The van der Waals surface area contributed by atoms with Crippen molar-refractivity contribution in [3.05, 3.63) is 76.9 Å². The normalized spacial score (nSPS) is 15.6. The lowest BCUT2D eigenvalue weighted by molar-refractivity contribution is -0.118. The molecular formula is C21H18N6O2. The lowest BCUT2D eigenvalue weighted by atomic mass is 10.0. The molecule has 144 valence electrons. The van der Waals surface area contributed by atoms with Crippen LogP contribution in [0.3, 0.4) is 0 Å². The second-order valence-corrected chi connectivity index (χ2v) is 6.81. The smallest absolute Gasteiger partial charge is 0.291 e. The van der Waals surface area contributed by atoms with Gasteiger partial charge in [-0.15, -0.1) is 5.10 Å². The van der Waals surface area contributed by atoms with Gasteiger partial charge >= 0.3 is 0 Å². The fourth-order valence-corrected chi connectivity index (χ4v) is 3.27. The summed E-state index contributed by atoms with van der Waals surface area (Å²) in [6.45, 7) is 0. The topological polar surface area (TPSA) is 124 Å². The summed E-state index contributed by atoms with van der Waals surface area (Å²) in [6.07, 6.45) is 1.50. The minimum Gasteiger partial charge on any atom is -0.337 e. The lowest BCUT2D eigenvalue weighted by Crippen LogP contribution is -2.43. The summed E-state index contributed by atoms with van der Waals surface area (Å²) >= 11 is 0. The quantitative estimate of drug-likeness (QED) is 0.632. The Kier molecular flexibility index (Phi) is 5.03. The van der Waals surface area contributed by atoms with Gasteiger partial charge in [-0.25, -0.2) is 4.98 Å². The molecule has 0 unspecified atom stereocenters. The highest BCUT2D eigenvalue weighted by Crippen LogP contribution is 2.23. The number of nitrogens with zero attached hydrogens (tertiary/aromatic N) is 3. The van der Waals surface area contributed by atoms with E-state index in [1.54, 1.807) is 18.2 Å². The number of H-pyrrole nitrogens is 1. The molecule has 0 radical (unpaired) electrons. The summed E-state index contributed by atoms with van der Waals surface area (Å²) in [6, 6.07) is 16.2. The Bertz CT molecular complexity index is 1100. The highest BCUT2D eigenvalue weighted by molar-refractivity contribution is 6.00. The van der Waals surface area contributed by atoms with E-state index in [9.17, 15) is 9.59 Å². The molecule has 2 amide bonds. The standard InChI is InChI=1S/C21H18N6O2/c22-12-14-6-8-16-15(10-14)7-9-17(20(28)23-16)24-21(29)19-25-18(26-27-19)11-13-4-2-1-3-5-13/h1-6,8,10,17H,7,9,11H2,(H,23,28)(H,24,29)(H,25,26,27)/t17-/m1/s1. The summed E-state index contributed by atoms with van der Waals surface area (Å²) < 4.78 is 0. The number of hydrogen-bond donors (Lipinski definition) is 3. The van der Waals surface area contributed by atoms with Crippen LogP contribution in [0.2, 0.25) is 0 Å². The second kappa shape index (κ2) is 7.94.